The number of aromatic nitrogens is 1. The fourth-order valence-corrected chi connectivity index (χ4v) is 2.52. The summed E-state index contributed by atoms with van der Waals surface area (Å²) in [4.78, 5) is 0. The summed E-state index contributed by atoms with van der Waals surface area (Å²) in [6.45, 7) is 1.36. The number of halogens is 1. The number of nitrogens with two attached hydrogens (primary N) is 1. The molecule has 3 heteroatoms. The maximum atomic E-state index is 6.21. The Morgan fingerprint density at radius 3 is 2.68 bits per heavy atom. The summed E-state index contributed by atoms with van der Waals surface area (Å²) < 4.78 is 2.21. The second-order valence-electron chi connectivity index (χ2n) is 4.63. The van der Waals surface area contributed by atoms with Gasteiger partial charge in [0.25, 0.3) is 0 Å². The van der Waals surface area contributed by atoms with Crippen molar-refractivity contribution in [2.75, 3.05) is 0 Å². The Morgan fingerprint density at radius 1 is 1.05 bits per heavy atom. The van der Waals surface area contributed by atoms with Crippen molar-refractivity contribution in [2.24, 2.45) is 5.73 Å². The third kappa shape index (κ3) is 2.37. The number of fused-ring (bicyclic) bond motifs is 1. The number of rotatable bonds is 3. The molecule has 0 aliphatic carbocycles. The van der Waals surface area contributed by atoms with Crippen LogP contribution in [0.2, 0.25) is 5.02 Å². The van der Waals surface area contributed by atoms with Gasteiger partial charge in [-0.3, -0.25) is 0 Å². The highest BCUT2D eigenvalue weighted by Gasteiger charge is 2.04. The molecule has 0 saturated carbocycles. The zero-order valence-corrected chi connectivity index (χ0v) is 11.3. The summed E-state index contributed by atoms with van der Waals surface area (Å²) in [5, 5.41) is 2.03. The molecule has 2 aromatic carbocycles. The molecule has 3 rings (SSSR count). The molecule has 0 atom stereocenters. The fraction of sp³-hybridized carbons (Fsp3) is 0.125. The van der Waals surface area contributed by atoms with E-state index in [1.54, 1.807) is 0 Å². The zero-order valence-electron chi connectivity index (χ0n) is 10.5. The predicted octanol–water partition coefficient (Wildman–Crippen LogP) is 3.80. The van der Waals surface area contributed by atoms with Crippen LogP contribution in [0.1, 0.15) is 11.1 Å². The lowest BCUT2D eigenvalue weighted by Crippen LogP contribution is -1.99. The lowest BCUT2D eigenvalue weighted by atomic mass is 10.1. The standard InChI is InChI=1S/C16H15ClN2/c17-15-4-2-1-3-14(15)11-19-8-7-13-9-12(10-18)5-6-16(13)19/h1-9H,10-11,18H2. The van der Waals surface area contributed by atoms with Crippen molar-refractivity contribution in [3.8, 4) is 0 Å². The van der Waals surface area contributed by atoms with Gasteiger partial charge in [0.1, 0.15) is 0 Å². The van der Waals surface area contributed by atoms with Gasteiger partial charge in [0.15, 0.2) is 0 Å². The summed E-state index contributed by atoms with van der Waals surface area (Å²) >= 11 is 6.21. The Hall–Kier alpha value is -1.77. The number of nitrogens with zero attached hydrogens (tertiary/aromatic N) is 1. The summed E-state index contributed by atoms with van der Waals surface area (Å²) in [7, 11) is 0. The van der Waals surface area contributed by atoms with Gasteiger partial charge in [-0.05, 0) is 40.8 Å². The van der Waals surface area contributed by atoms with Gasteiger partial charge in [-0.15, -0.1) is 0 Å². The van der Waals surface area contributed by atoms with Crippen molar-refractivity contribution in [1.82, 2.24) is 4.57 Å². The summed E-state index contributed by atoms with van der Waals surface area (Å²) in [6.07, 6.45) is 2.09. The average molecular weight is 271 g/mol. The second-order valence-corrected chi connectivity index (χ2v) is 5.04. The minimum Gasteiger partial charge on any atom is -0.343 e. The van der Waals surface area contributed by atoms with Crippen molar-refractivity contribution in [3.63, 3.8) is 0 Å². The molecule has 0 fully saturated rings. The Morgan fingerprint density at radius 2 is 1.89 bits per heavy atom. The number of hydrogen-bond acceptors (Lipinski definition) is 1. The van der Waals surface area contributed by atoms with E-state index in [0.717, 1.165) is 22.7 Å². The third-order valence-corrected chi connectivity index (χ3v) is 3.74. The minimum atomic E-state index is 0.575. The van der Waals surface area contributed by atoms with Crippen LogP contribution in [0.15, 0.2) is 54.7 Å². The Bertz CT molecular complexity index is 716. The van der Waals surface area contributed by atoms with Crippen LogP contribution in [0.3, 0.4) is 0 Å². The van der Waals surface area contributed by atoms with Crippen molar-refractivity contribution < 1.29 is 0 Å². The van der Waals surface area contributed by atoms with Gasteiger partial charge in [-0.1, -0.05) is 35.9 Å². The molecular weight excluding hydrogens is 256 g/mol. The lowest BCUT2D eigenvalue weighted by molar-refractivity contribution is 0.837. The number of hydrogen-bond donors (Lipinski definition) is 1. The molecule has 0 radical (unpaired) electrons. The van der Waals surface area contributed by atoms with Gasteiger partial charge >= 0.3 is 0 Å². The molecule has 0 bridgehead atoms. The van der Waals surface area contributed by atoms with Crippen molar-refractivity contribution in [2.45, 2.75) is 13.1 Å². The van der Waals surface area contributed by atoms with Crippen molar-refractivity contribution >= 4 is 22.5 Å². The Labute approximate surface area is 117 Å². The van der Waals surface area contributed by atoms with E-state index in [4.69, 9.17) is 17.3 Å². The second kappa shape index (κ2) is 5.08. The highest BCUT2D eigenvalue weighted by molar-refractivity contribution is 6.31. The first-order valence-corrected chi connectivity index (χ1v) is 6.67. The first kappa shape index (κ1) is 12.3. The van der Waals surface area contributed by atoms with Crippen LogP contribution in [-0.4, -0.2) is 4.57 Å². The topological polar surface area (TPSA) is 30.9 Å². The molecule has 3 aromatic rings. The SMILES string of the molecule is NCc1ccc2c(ccn2Cc2ccccc2Cl)c1. The molecule has 1 heterocycles. The quantitative estimate of drug-likeness (QED) is 0.771. The first-order chi connectivity index (χ1) is 9.28. The van der Waals surface area contributed by atoms with E-state index in [-0.39, 0.29) is 0 Å². The molecule has 0 aliphatic rings. The Balaban J connectivity index is 2.00. The van der Waals surface area contributed by atoms with Gasteiger partial charge in [0.2, 0.25) is 0 Å². The summed E-state index contributed by atoms with van der Waals surface area (Å²) in [5.74, 6) is 0. The largest absolute Gasteiger partial charge is 0.343 e. The normalized spacial score (nSPS) is 11.1. The van der Waals surface area contributed by atoms with Crippen LogP contribution in [-0.2, 0) is 13.1 Å². The molecular formula is C16H15ClN2. The lowest BCUT2D eigenvalue weighted by Gasteiger charge is -2.08. The van der Waals surface area contributed by atoms with E-state index in [0.29, 0.717) is 6.54 Å². The molecule has 0 amide bonds. The van der Waals surface area contributed by atoms with Crippen LogP contribution in [0.25, 0.3) is 10.9 Å². The van der Waals surface area contributed by atoms with Crippen LogP contribution >= 0.6 is 11.6 Å². The van der Waals surface area contributed by atoms with E-state index in [9.17, 15) is 0 Å². The van der Waals surface area contributed by atoms with E-state index in [1.807, 2.05) is 18.2 Å². The van der Waals surface area contributed by atoms with E-state index >= 15 is 0 Å². The monoisotopic (exact) mass is 270 g/mol. The van der Waals surface area contributed by atoms with Crippen LogP contribution in [0, 0.1) is 0 Å². The van der Waals surface area contributed by atoms with Gasteiger partial charge in [0.05, 0.1) is 0 Å². The average Bonchev–Trinajstić information content (AvgIpc) is 2.83. The zero-order chi connectivity index (χ0) is 13.2. The molecule has 1 aromatic heterocycles. The third-order valence-electron chi connectivity index (χ3n) is 3.37. The fourth-order valence-electron chi connectivity index (χ4n) is 2.32. The van der Waals surface area contributed by atoms with Gasteiger partial charge in [-0.25, -0.2) is 0 Å². The first-order valence-electron chi connectivity index (χ1n) is 6.29. The highest BCUT2D eigenvalue weighted by Crippen LogP contribution is 2.21. The molecule has 0 aliphatic heterocycles. The molecule has 2 nitrogen and oxygen atoms in total. The van der Waals surface area contributed by atoms with Crippen molar-refractivity contribution in [3.05, 3.63) is 70.9 Å². The van der Waals surface area contributed by atoms with Gasteiger partial charge in [0, 0.05) is 29.8 Å². The molecule has 19 heavy (non-hydrogen) atoms. The molecule has 2 N–H and O–H groups in total. The van der Waals surface area contributed by atoms with Crippen LogP contribution in [0.5, 0.6) is 0 Å². The Kier molecular flexibility index (Phi) is 3.28. The maximum absolute atomic E-state index is 6.21. The maximum Gasteiger partial charge on any atom is 0.0490 e. The molecule has 96 valence electrons. The highest BCUT2D eigenvalue weighted by atomic mass is 35.5. The summed E-state index contributed by atoms with van der Waals surface area (Å²) in [5.41, 5.74) is 9.16. The van der Waals surface area contributed by atoms with Crippen LogP contribution < -0.4 is 5.73 Å². The van der Waals surface area contributed by atoms with E-state index < -0.39 is 0 Å². The van der Waals surface area contributed by atoms with Crippen LogP contribution in [0.4, 0.5) is 0 Å². The minimum absolute atomic E-state index is 0.575. The summed E-state index contributed by atoms with van der Waals surface area (Å²) in [6, 6.07) is 16.4. The van der Waals surface area contributed by atoms with E-state index in [1.165, 1.54) is 10.9 Å². The van der Waals surface area contributed by atoms with Gasteiger partial charge in [-0.2, -0.15) is 0 Å². The smallest absolute Gasteiger partial charge is 0.0490 e. The van der Waals surface area contributed by atoms with Crippen molar-refractivity contribution in [1.29, 1.82) is 0 Å². The predicted molar refractivity (Wildman–Crippen MR) is 80.4 cm³/mol. The number of benzene rings is 2. The molecule has 0 saturated heterocycles. The molecule has 0 spiro atoms. The van der Waals surface area contributed by atoms with Gasteiger partial charge < -0.3 is 10.3 Å². The molecule has 0 unspecified atom stereocenters. The van der Waals surface area contributed by atoms with E-state index in [2.05, 4.69) is 41.1 Å².